The molecule has 0 radical (unpaired) electrons. The van der Waals surface area contributed by atoms with E-state index in [4.69, 9.17) is 18.0 Å². The molecule has 0 heterocycles. The van der Waals surface area contributed by atoms with Crippen LogP contribution < -0.4 is 11.1 Å². The molecule has 3 N–H and O–H groups in total. The molecule has 1 aliphatic rings. The van der Waals surface area contributed by atoms with E-state index in [9.17, 15) is 4.79 Å². The smallest absolute Gasteiger partial charge is 0.233 e. The van der Waals surface area contributed by atoms with Gasteiger partial charge >= 0.3 is 0 Å². The summed E-state index contributed by atoms with van der Waals surface area (Å²) in [6.07, 6.45) is 5.91. The highest BCUT2D eigenvalue weighted by Gasteiger charge is 2.42. The van der Waals surface area contributed by atoms with Crippen molar-refractivity contribution in [3.8, 4) is 0 Å². The molecule has 0 atom stereocenters. The van der Waals surface area contributed by atoms with Crippen molar-refractivity contribution in [3.05, 3.63) is 0 Å². The highest BCUT2D eigenvalue weighted by Crippen LogP contribution is 2.37. The molecular formula is C14H26N2OS. The maximum Gasteiger partial charge on any atom is 0.233 e. The number of hydrogen-bond donors (Lipinski definition) is 2. The number of carbonyl (C=O) groups is 1. The Balaban J connectivity index is 2.69. The molecule has 0 aromatic carbocycles. The maximum absolute atomic E-state index is 12.4. The zero-order valence-electron chi connectivity index (χ0n) is 11.8. The van der Waals surface area contributed by atoms with Crippen molar-refractivity contribution >= 4 is 23.1 Å². The zero-order valence-corrected chi connectivity index (χ0v) is 12.7. The van der Waals surface area contributed by atoms with Crippen LogP contribution in [0.5, 0.6) is 0 Å². The van der Waals surface area contributed by atoms with Crippen LogP contribution in [-0.4, -0.2) is 17.4 Å². The molecule has 0 aromatic heterocycles. The fourth-order valence-corrected chi connectivity index (χ4v) is 2.65. The summed E-state index contributed by atoms with van der Waals surface area (Å²) < 4.78 is 0. The molecule has 0 saturated heterocycles. The van der Waals surface area contributed by atoms with Gasteiger partial charge in [-0.15, -0.1) is 0 Å². The van der Waals surface area contributed by atoms with Crippen LogP contribution in [0.15, 0.2) is 0 Å². The third-order valence-electron chi connectivity index (χ3n) is 4.30. The summed E-state index contributed by atoms with van der Waals surface area (Å²) in [5.74, 6) is 0.0382. The Labute approximate surface area is 116 Å². The minimum absolute atomic E-state index is 0.0382. The van der Waals surface area contributed by atoms with Crippen LogP contribution in [0.4, 0.5) is 0 Å². The van der Waals surface area contributed by atoms with E-state index in [-0.39, 0.29) is 11.3 Å². The lowest BCUT2D eigenvalue weighted by Gasteiger charge is -2.36. The topological polar surface area (TPSA) is 55.1 Å². The molecule has 0 spiro atoms. The van der Waals surface area contributed by atoms with E-state index in [1.54, 1.807) is 0 Å². The Morgan fingerprint density at radius 1 is 1.33 bits per heavy atom. The molecule has 1 fully saturated rings. The van der Waals surface area contributed by atoms with Crippen molar-refractivity contribution in [2.24, 2.45) is 16.6 Å². The highest BCUT2D eigenvalue weighted by atomic mass is 32.1. The van der Waals surface area contributed by atoms with E-state index < -0.39 is 5.41 Å². The first kappa shape index (κ1) is 15.4. The molecular weight excluding hydrogens is 244 g/mol. The first-order valence-corrected chi connectivity index (χ1v) is 7.33. The van der Waals surface area contributed by atoms with Gasteiger partial charge in [-0.25, -0.2) is 0 Å². The highest BCUT2D eigenvalue weighted by molar-refractivity contribution is 7.80. The number of thiocarbonyl (C=S) groups is 1. The summed E-state index contributed by atoms with van der Waals surface area (Å²) in [6.45, 7) is 7.13. The Morgan fingerprint density at radius 2 is 1.89 bits per heavy atom. The third-order valence-corrected chi connectivity index (χ3v) is 4.69. The third kappa shape index (κ3) is 3.44. The van der Waals surface area contributed by atoms with Crippen LogP contribution in [0.25, 0.3) is 0 Å². The van der Waals surface area contributed by atoms with E-state index in [0.717, 1.165) is 32.1 Å². The summed E-state index contributed by atoms with van der Waals surface area (Å²) >= 11 is 5.16. The van der Waals surface area contributed by atoms with Crippen molar-refractivity contribution in [1.29, 1.82) is 0 Å². The summed E-state index contributed by atoms with van der Waals surface area (Å²) in [4.78, 5) is 12.8. The van der Waals surface area contributed by atoms with Gasteiger partial charge in [-0.1, -0.05) is 52.3 Å². The molecule has 1 rings (SSSR count). The molecule has 0 aromatic rings. The van der Waals surface area contributed by atoms with E-state index in [1.165, 1.54) is 6.42 Å². The number of nitrogens with one attached hydrogen (secondary N) is 1. The van der Waals surface area contributed by atoms with Gasteiger partial charge in [-0.3, -0.25) is 4.79 Å². The molecule has 4 heteroatoms. The number of rotatable bonds is 5. The second-order valence-corrected chi connectivity index (χ2v) is 6.65. The van der Waals surface area contributed by atoms with Gasteiger partial charge in [-0.05, 0) is 24.7 Å². The van der Waals surface area contributed by atoms with Crippen LogP contribution in [0.1, 0.15) is 59.3 Å². The van der Waals surface area contributed by atoms with Crippen LogP contribution in [0.3, 0.4) is 0 Å². The van der Waals surface area contributed by atoms with Crippen molar-refractivity contribution in [3.63, 3.8) is 0 Å². The lowest BCUT2D eigenvalue weighted by molar-refractivity contribution is -0.129. The van der Waals surface area contributed by atoms with Crippen molar-refractivity contribution in [2.75, 3.05) is 6.54 Å². The molecule has 0 bridgehead atoms. The van der Waals surface area contributed by atoms with Gasteiger partial charge in [0.1, 0.15) is 0 Å². The van der Waals surface area contributed by atoms with Gasteiger partial charge in [-0.2, -0.15) is 0 Å². The Kier molecular flexibility index (Phi) is 5.14. The van der Waals surface area contributed by atoms with E-state index in [0.29, 0.717) is 11.5 Å². The number of hydrogen-bond acceptors (Lipinski definition) is 2. The molecule has 1 aliphatic carbocycles. The summed E-state index contributed by atoms with van der Waals surface area (Å²) in [7, 11) is 0. The SMILES string of the molecule is CCC(C)(C)CNC(=O)C1(C(N)=S)CCCCC1. The van der Waals surface area contributed by atoms with E-state index in [1.807, 2.05) is 0 Å². The second kappa shape index (κ2) is 6.00. The molecule has 0 aliphatic heterocycles. The second-order valence-electron chi connectivity index (χ2n) is 6.21. The molecule has 1 amide bonds. The van der Waals surface area contributed by atoms with Gasteiger partial charge < -0.3 is 11.1 Å². The molecule has 18 heavy (non-hydrogen) atoms. The van der Waals surface area contributed by atoms with E-state index in [2.05, 4.69) is 26.1 Å². The van der Waals surface area contributed by atoms with Crippen LogP contribution in [0, 0.1) is 10.8 Å². The minimum atomic E-state index is -0.586. The summed E-state index contributed by atoms with van der Waals surface area (Å²) in [5, 5.41) is 3.06. The first-order chi connectivity index (χ1) is 8.34. The monoisotopic (exact) mass is 270 g/mol. The number of nitrogens with two attached hydrogens (primary N) is 1. The quantitative estimate of drug-likeness (QED) is 0.755. The van der Waals surface area contributed by atoms with Crippen molar-refractivity contribution < 1.29 is 4.79 Å². The largest absolute Gasteiger partial charge is 0.392 e. The average molecular weight is 270 g/mol. The number of carbonyl (C=O) groups excluding carboxylic acids is 1. The first-order valence-electron chi connectivity index (χ1n) is 6.92. The summed E-state index contributed by atoms with van der Waals surface area (Å²) in [5.41, 5.74) is 5.39. The predicted molar refractivity (Wildman–Crippen MR) is 79.4 cm³/mol. The predicted octanol–water partition coefficient (Wildman–Crippen LogP) is 2.78. The molecule has 1 saturated carbocycles. The van der Waals surface area contributed by atoms with Crippen molar-refractivity contribution in [2.45, 2.75) is 59.3 Å². The minimum Gasteiger partial charge on any atom is -0.392 e. The lowest BCUT2D eigenvalue weighted by Crippen LogP contribution is -2.51. The van der Waals surface area contributed by atoms with Gasteiger partial charge in [0.25, 0.3) is 0 Å². The van der Waals surface area contributed by atoms with Crippen LogP contribution >= 0.6 is 12.2 Å². The normalized spacial score (nSPS) is 19.3. The Hall–Kier alpha value is -0.640. The average Bonchev–Trinajstić information content (AvgIpc) is 2.36. The Morgan fingerprint density at radius 3 is 2.33 bits per heavy atom. The van der Waals surface area contributed by atoms with Gasteiger partial charge in [0.2, 0.25) is 5.91 Å². The maximum atomic E-state index is 12.4. The Bertz CT molecular complexity index is 320. The zero-order chi connectivity index (χ0) is 13.8. The fourth-order valence-electron chi connectivity index (χ4n) is 2.35. The van der Waals surface area contributed by atoms with Crippen molar-refractivity contribution in [1.82, 2.24) is 5.32 Å². The van der Waals surface area contributed by atoms with Gasteiger partial charge in [0.15, 0.2) is 0 Å². The molecule has 104 valence electrons. The van der Waals surface area contributed by atoms with Crippen LogP contribution in [0.2, 0.25) is 0 Å². The standard InChI is InChI=1S/C14H26N2OS/c1-4-13(2,3)10-16-12(17)14(11(15)18)8-6-5-7-9-14/h4-10H2,1-3H3,(H2,15,18)(H,16,17). The molecule has 3 nitrogen and oxygen atoms in total. The summed E-state index contributed by atoms with van der Waals surface area (Å²) in [6, 6.07) is 0. The van der Waals surface area contributed by atoms with Crippen LogP contribution in [-0.2, 0) is 4.79 Å². The fraction of sp³-hybridized carbons (Fsp3) is 0.857. The van der Waals surface area contributed by atoms with Gasteiger partial charge in [0, 0.05) is 6.54 Å². The van der Waals surface area contributed by atoms with E-state index >= 15 is 0 Å². The van der Waals surface area contributed by atoms with Gasteiger partial charge in [0.05, 0.1) is 10.4 Å². The number of amides is 1. The molecule has 0 unspecified atom stereocenters. The lowest BCUT2D eigenvalue weighted by atomic mass is 9.73.